The molecular weight excluding hydrogens is 294 g/mol. The normalized spacial score (nSPS) is 16.9. The summed E-state index contributed by atoms with van der Waals surface area (Å²) in [6.45, 7) is 1.77. The minimum atomic E-state index is 0. The molecule has 1 aliphatic rings. The number of rotatable bonds is 6. The number of hydrogen-bond donors (Lipinski definition) is 2. The molecule has 114 valence electrons. The fraction of sp³-hybridized carbons (Fsp3) is 0.429. The topological polar surface area (TPSA) is 80.4 Å². The van der Waals surface area contributed by atoms with Gasteiger partial charge in [0.2, 0.25) is 0 Å². The lowest BCUT2D eigenvalue weighted by Gasteiger charge is -2.27. The van der Waals surface area contributed by atoms with Gasteiger partial charge < -0.3 is 19.7 Å². The van der Waals surface area contributed by atoms with Crippen LogP contribution in [0.1, 0.15) is 12.1 Å². The number of ether oxygens (including phenoxy) is 1. The van der Waals surface area contributed by atoms with Crippen molar-refractivity contribution in [2.45, 2.75) is 18.9 Å². The van der Waals surface area contributed by atoms with Crippen LogP contribution in [0, 0.1) is 0 Å². The standard InChI is InChI=1S/C14H17N3O3.ClH/c18-4-2-11-6-14(20-17-11)10-5-13(8-15-7-10)19-9-12-1-3-16-12;/h5-8,12,16,18H,1-4,9H2;1H/t12-;/m0./s1. The van der Waals surface area contributed by atoms with E-state index < -0.39 is 0 Å². The number of nitrogens with zero attached hydrogens (tertiary/aromatic N) is 2. The number of pyridine rings is 1. The molecule has 21 heavy (non-hydrogen) atoms. The quantitative estimate of drug-likeness (QED) is 0.840. The first-order valence-corrected chi connectivity index (χ1v) is 6.73. The van der Waals surface area contributed by atoms with Crippen LogP contribution in [0.5, 0.6) is 5.75 Å². The number of aliphatic hydroxyl groups is 1. The third kappa shape index (κ3) is 3.93. The highest BCUT2D eigenvalue weighted by Gasteiger charge is 2.17. The highest BCUT2D eigenvalue weighted by Crippen LogP contribution is 2.23. The van der Waals surface area contributed by atoms with Crippen molar-refractivity contribution in [3.8, 4) is 17.1 Å². The first-order chi connectivity index (χ1) is 9.85. The molecule has 0 bridgehead atoms. The number of nitrogens with one attached hydrogen (secondary N) is 1. The van der Waals surface area contributed by atoms with Crippen LogP contribution in [0.15, 0.2) is 29.0 Å². The molecule has 1 atom stereocenters. The average Bonchev–Trinajstić information content (AvgIpc) is 2.86. The van der Waals surface area contributed by atoms with E-state index in [0.29, 0.717) is 24.8 Å². The molecule has 2 aromatic heterocycles. The summed E-state index contributed by atoms with van der Waals surface area (Å²) in [5.74, 6) is 1.35. The Labute approximate surface area is 128 Å². The van der Waals surface area contributed by atoms with Crippen molar-refractivity contribution in [2.24, 2.45) is 0 Å². The Hall–Kier alpha value is -1.63. The molecule has 1 aliphatic heterocycles. The van der Waals surface area contributed by atoms with E-state index in [1.807, 2.05) is 12.1 Å². The molecule has 0 spiro atoms. The highest BCUT2D eigenvalue weighted by molar-refractivity contribution is 5.85. The molecule has 0 amide bonds. The van der Waals surface area contributed by atoms with E-state index >= 15 is 0 Å². The molecule has 3 rings (SSSR count). The maximum absolute atomic E-state index is 8.87. The zero-order valence-corrected chi connectivity index (χ0v) is 12.3. The highest BCUT2D eigenvalue weighted by atomic mass is 35.5. The lowest BCUT2D eigenvalue weighted by atomic mass is 10.1. The summed E-state index contributed by atoms with van der Waals surface area (Å²) in [4.78, 5) is 4.16. The van der Waals surface area contributed by atoms with Crippen LogP contribution < -0.4 is 10.1 Å². The Morgan fingerprint density at radius 3 is 2.95 bits per heavy atom. The third-order valence-electron chi connectivity index (χ3n) is 3.30. The van der Waals surface area contributed by atoms with Crippen molar-refractivity contribution in [2.75, 3.05) is 19.8 Å². The molecule has 2 aromatic rings. The van der Waals surface area contributed by atoms with Crippen molar-refractivity contribution in [3.63, 3.8) is 0 Å². The zero-order valence-electron chi connectivity index (χ0n) is 11.5. The molecule has 0 unspecified atom stereocenters. The predicted molar refractivity (Wildman–Crippen MR) is 79.7 cm³/mol. The second kappa shape index (κ2) is 7.40. The summed E-state index contributed by atoms with van der Waals surface area (Å²) in [5.41, 5.74) is 1.55. The van der Waals surface area contributed by atoms with Crippen LogP contribution in [0.3, 0.4) is 0 Å². The van der Waals surface area contributed by atoms with Gasteiger partial charge in [0.1, 0.15) is 12.4 Å². The van der Waals surface area contributed by atoms with Crippen molar-refractivity contribution in [1.82, 2.24) is 15.5 Å². The van der Waals surface area contributed by atoms with E-state index in [9.17, 15) is 0 Å². The first kappa shape index (κ1) is 15.8. The minimum Gasteiger partial charge on any atom is -0.490 e. The molecule has 3 heterocycles. The van der Waals surface area contributed by atoms with E-state index in [2.05, 4.69) is 15.5 Å². The van der Waals surface area contributed by atoms with E-state index in [1.165, 1.54) is 0 Å². The molecule has 0 saturated carbocycles. The predicted octanol–water partition coefficient (Wildman–Crippen LogP) is 1.43. The SMILES string of the molecule is Cl.OCCc1cc(-c2cncc(OC[C@@H]3CCN3)c2)on1. The van der Waals surface area contributed by atoms with Gasteiger partial charge in [-0.15, -0.1) is 12.4 Å². The maximum atomic E-state index is 8.87. The minimum absolute atomic E-state index is 0. The molecule has 1 saturated heterocycles. The summed E-state index contributed by atoms with van der Waals surface area (Å²) in [6, 6.07) is 4.14. The average molecular weight is 312 g/mol. The summed E-state index contributed by atoms with van der Waals surface area (Å²) >= 11 is 0. The van der Waals surface area contributed by atoms with Crippen LogP contribution in [0.4, 0.5) is 0 Å². The van der Waals surface area contributed by atoms with E-state index in [4.69, 9.17) is 14.4 Å². The Balaban J connectivity index is 0.00000161. The van der Waals surface area contributed by atoms with Crippen LogP contribution in [-0.4, -0.2) is 41.0 Å². The first-order valence-electron chi connectivity index (χ1n) is 6.73. The molecular formula is C14H18ClN3O3. The fourth-order valence-corrected chi connectivity index (χ4v) is 2.00. The summed E-state index contributed by atoms with van der Waals surface area (Å²) < 4.78 is 10.9. The van der Waals surface area contributed by atoms with Gasteiger partial charge in [-0.3, -0.25) is 4.98 Å². The number of halogens is 1. The molecule has 0 aliphatic carbocycles. The smallest absolute Gasteiger partial charge is 0.168 e. The zero-order chi connectivity index (χ0) is 13.8. The number of hydrogen-bond acceptors (Lipinski definition) is 6. The van der Waals surface area contributed by atoms with Crippen LogP contribution >= 0.6 is 12.4 Å². The second-order valence-electron chi connectivity index (χ2n) is 4.82. The monoisotopic (exact) mass is 311 g/mol. The van der Waals surface area contributed by atoms with E-state index in [1.54, 1.807) is 12.4 Å². The molecule has 1 fully saturated rings. The summed E-state index contributed by atoms with van der Waals surface area (Å²) in [5, 5.41) is 16.1. The van der Waals surface area contributed by atoms with E-state index in [0.717, 1.165) is 30.0 Å². The molecule has 6 nitrogen and oxygen atoms in total. The maximum Gasteiger partial charge on any atom is 0.168 e. The Kier molecular flexibility index (Phi) is 5.55. The summed E-state index contributed by atoms with van der Waals surface area (Å²) in [7, 11) is 0. The van der Waals surface area contributed by atoms with Crippen molar-refractivity contribution >= 4 is 12.4 Å². The van der Waals surface area contributed by atoms with Gasteiger partial charge in [-0.05, 0) is 19.0 Å². The lowest BCUT2D eigenvalue weighted by Crippen LogP contribution is -2.46. The molecule has 0 aromatic carbocycles. The van der Waals surface area contributed by atoms with Crippen molar-refractivity contribution in [1.29, 1.82) is 0 Å². The third-order valence-corrected chi connectivity index (χ3v) is 3.30. The van der Waals surface area contributed by atoms with Gasteiger partial charge in [0, 0.05) is 36.9 Å². The van der Waals surface area contributed by atoms with Crippen LogP contribution in [0.2, 0.25) is 0 Å². The van der Waals surface area contributed by atoms with Gasteiger partial charge in [-0.25, -0.2) is 0 Å². The van der Waals surface area contributed by atoms with Gasteiger partial charge >= 0.3 is 0 Å². The van der Waals surface area contributed by atoms with E-state index in [-0.39, 0.29) is 19.0 Å². The van der Waals surface area contributed by atoms with Crippen LogP contribution in [0.25, 0.3) is 11.3 Å². The van der Waals surface area contributed by atoms with Gasteiger partial charge in [0.25, 0.3) is 0 Å². The van der Waals surface area contributed by atoms with Gasteiger partial charge in [-0.2, -0.15) is 0 Å². The van der Waals surface area contributed by atoms with Gasteiger partial charge in [-0.1, -0.05) is 5.16 Å². The summed E-state index contributed by atoms with van der Waals surface area (Å²) in [6.07, 6.45) is 5.03. The van der Waals surface area contributed by atoms with Gasteiger partial charge in [0.05, 0.1) is 11.9 Å². The number of aromatic nitrogens is 2. The fourth-order valence-electron chi connectivity index (χ4n) is 2.00. The number of aliphatic hydroxyl groups excluding tert-OH is 1. The Bertz CT molecular complexity index is 572. The van der Waals surface area contributed by atoms with Crippen LogP contribution in [-0.2, 0) is 6.42 Å². The Morgan fingerprint density at radius 1 is 1.38 bits per heavy atom. The second-order valence-corrected chi connectivity index (χ2v) is 4.82. The molecule has 7 heteroatoms. The lowest BCUT2D eigenvalue weighted by molar-refractivity contribution is 0.217. The largest absolute Gasteiger partial charge is 0.490 e. The Morgan fingerprint density at radius 2 is 2.24 bits per heavy atom. The molecule has 2 N–H and O–H groups in total. The van der Waals surface area contributed by atoms with Crippen molar-refractivity contribution in [3.05, 3.63) is 30.2 Å². The molecule has 0 radical (unpaired) electrons. The van der Waals surface area contributed by atoms with Crippen molar-refractivity contribution < 1.29 is 14.4 Å². The van der Waals surface area contributed by atoms with Gasteiger partial charge in [0.15, 0.2) is 5.76 Å².